The number of allylic oxidation sites excluding steroid dienone is 1. The highest BCUT2D eigenvalue weighted by atomic mass is 19.4. The van der Waals surface area contributed by atoms with Gasteiger partial charge in [0.1, 0.15) is 18.4 Å². The van der Waals surface area contributed by atoms with Gasteiger partial charge in [-0.1, -0.05) is 37.1 Å². The van der Waals surface area contributed by atoms with Gasteiger partial charge in [0.2, 0.25) is 11.7 Å². The number of likely N-dealkylation sites (tertiary alicyclic amines) is 1. The second kappa shape index (κ2) is 13.8. The number of ether oxygens (including phenoxy) is 1. The predicted octanol–water partition coefficient (Wildman–Crippen LogP) is 5.93. The van der Waals surface area contributed by atoms with Crippen molar-refractivity contribution >= 4 is 11.9 Å². The summed E-state index contributed by atoms with van der Waals surface area (Å²) >= 11 is 0. The minimum atomic E-state index is -5.08. The summed E-state index contributed by atoms with van der Waals surface area (Å²) in [6, 6.07) is 3.37. The molecular weight excluding hydrogens is 536 g/mol. The molecule has 4 N–H and O–H groups in total. The van der Waals surface area contributed by atoms with Gasteiger partial charge in [-0.05, 0) is 43.9 Å². The van der Waals surface area contributed by atoms with E-state index in [-0.39, 0.29) is 41.6 Å². The molecule has 9 nitrogen and oxygen atoms in total. The molecule has 1 fully saturated rings. The number of aromatic nitrogens is 2. The summed E-state index contributed by atoms with van der Waals surface area (Å²) in [6.07, 6.45) is -0.382. The van der Waals surface area contributed by atoms with E-state index in [0.717, 1.165) is 38.2 Å². The van der Waals surface area contributed by atoms with Crippen LogP contribution in [-0.2, 0) is 11.0 Å². The summed E-state index contributed by atoms with van der Waals surface area (Å²) in [4.78, 5) is 14.8. The molecule has 0 spiro atoms. The number of unbranched alkanes of at least 4 members (excludes halogenated alkanes) is 3. The van der Waals surface area contributed by atoms with E-state index in [1.54, 1.807) is 11.0 Å². The Hall–Kier alpha value is -3.78. The molecule has 0 amide bonds. The molecule has 0 bridgehead atoms. The fraction of sp³-hybridized carbons (Fsp3) is 0.500. The van der Waals surface area contributed by atoms with Gasteiger partial charge in [-0.2, -0.15) is 31.3 Å². The molecule has 3 rings (SSSR count). The molecule has 2 heterocycles. The van der Waals surface area contributed by atoms with Gasteiger partial charge in [0.05, 0.1) is 5.56 Å². The number of benzene rings is 1. The van der Waals surface area contributed by atoms with E-state index >= 15 is 0 Å². The summed E-state index contributed by atoms with van der Waals surface area (Å²) in [5.41, 5.74) is 4.86. The average molecular weight is 566 g/mol. The Morgan fingerprint density at radius 1 is 1.26 bits per heavy atom. The van der Waals surface area contributed by atoms with Gasteiger partial charge in [0.25, 0.3) is 0 Å². The first-order chi connectivity index (χ1) is 18.3. The molecule has 1 aromatic carbocycles. The number of aliphatic carboxylic acids is 1. The third-order valence-corrected chi connectivity index (χ3v) is 5.55. The number of nitrogens with zero attached hydrogens (tertiary/aromatic N) is 3. The molecule has 39 heavy (non-hydrogen) atoms. The van der Waals surface area contributed by atoms with Crippen LogP contribution in [0.2, 0.25) is 0 Å². The van der Waals surface area contributed by atoms with Crippen LogP contribution in [0.1, 0.15) is 62.9 Å². The Balaban J connectivity index is 0.000000673. The fourth-order valence-electron chi connectivity index (χ4n) is 3.65. The van der Waals surface area contributed by atoms with Gasteiger partial charge >= 0.3 is 18.3 Å². The Labute approximate surface area is 220 Å². The van der Waals surface area contributed by atoms with Gasteiger partial charge in [-0.15, -0.1) is 0 Å². The molecule has 0 radical (unpaired) electrons. The van der Waals surface area contributed by atoms with Crippen LogP contribution >= 0.6 is 0 Å². The summed E-state index contributed by atoms with van der Waals surface area (Å²) < 4.78 is 83.3. The monoisotopic (exact) mass is 565 g/mol. The van der Waals surface area contributed by atoms with Crippen molar-refractivity contribution in [1.82, 2.24) is 15.0 Å². The molecule has 1 aromatic heterocycles. The van der Waals surface area contributed by atoms with Gasteiger partial charge in [-0.3, -0.25) is 5.41 Å². The number of guanidine groups is 1. The zero-order valence-electron chi connectivity index (χ0n) is 21.0. The first kappa shape index (κ1) is 31.4. The maximum Gasteiger partial charge on any atom is 0.490 e. The first-order valence-corrected chi connectivity index (χ1v) is 12.0. The van der Waals surface area contributed by atoms with Crippen molar-refractivity contribution in [2.45, 2.75) is 63.8 Å². The molecule has 0 saturated carbocycles. The summed E-state index contributed by atoms with van der Waals surface area (Å²) in [6.45, 7) is 2.76. The maximum atomic E-state index is 13.6. The smallest absolute Gasteiger partial charge is 0.489 e. The van der Waals surface area contributed by atoms with Crippen LogP contribution in [0.3, 0.4) is 0 Å². The summed E-state index contributed by atoms with van der Waals surface area (Å²) in [5, 5.41) is 18.6. The molecule has 1 aliphatic rings. The zero-order chi connectivity index (χ0) is 29.2. The fourth-order valence-corrected chi connectivity index (χ4v) is 3.65. The number of carboxylic acids is 1. The number of hydrogen-bond donors (Lipinski definition) is 3. The Bertz CT molecular complexity index is 1130. The molecule has 1 unspecified atom stereocenters. The molecule has 1 atom stereocenters. The highest BCUT2D eigenvalue weighted by Gasteiger charge is 2.38. The van der Waals surface area contributed by atoms with Crippen LogP contribution in [-0.4, -0.2) is 51.4 Å². The molecule has 1 saturated heterocycles. The molecular formula is C24H29F6N5O4. The number of alkyl halides is 6. The van der Waals surface area contributed by atoms with Crippen molar-refractivity contribution in [3.8, 4) is 17.1 Å². The van der Waals surface area contributed by atoms with Crippen molar-refractivity contribution in [3.05, 3.63) is 41.8 Å². The van der Waals surface area contributed by atoms with E-state index in [0.29, 0.717) is 13.0 Å². The number of rotatable bonds is 9. The Morgan fingerprint density at radius 3 is 2.54 bits per heavy atom. The molecule has 15 heteroatoms. The molecule has 2 aromatic rings. The van der Waals surface area contributed by atoms with Crippen LogP contribution in [0.25, 0.3) is 11.4 Å². The van der Waals surface area contributed by atoms with E-state index in [4.69, 9.17) is 30.3 Å². The lowest BCUT2D eigenvalue weighted by molar-refractivity contribution is -0.192. The highest BCUT2D eigenvalue weighted by molar-refractivity contribution is 5.75. The predicted molar refractivity (Wildman–Crippen MR) is 128 cm³/mol. The van der Waals surface area contributed by atoms with E-state index in [1.165, 1.54) is 12.1 Å². The number of nitrogens with one attached hydrogen (secondary N) is 1. The van der Waals surface area contributed by atoms with Crippen molar-refractivity contribution in [1.29, 1.82) is 5.41 Å². The summed E-state index contributed by atoms with van der Waals surface area (Å²) in [5.74, 6) is -2.83. The zero-order valence-corrected chi connectivity index (χ0v) is 21.0. The minimum Gasteiger partial charge on any atom is -0.489 e. The van der Waals surface area contributed by atoms with Gasteiger partial charge < -0.3 is 25.0 Å². The lowest BCUT2D eigenvalue weighted by Crippen LogP contribution is -2.35. The van der Waals surface area contributed by atoms with Crippen LogP contribution in [0.15, 0.2) is 34.9 Å². The molecule has 216 valence electrons. The summed E-state index contributed by atoms with van der Waals surface area (Å²) in [7, 11) is 0. The third-order valence-electron chi connectivity index (χ3n) is 5.55. The van der Waals surface area contributed by atoms with Crippen LogP contribution in [0.5, 0.6) is 5.75 Å². The third kappa shape index (κ3) is 9.48. The number of hydrogen-bond acceptors (Lipinski definition) is 6. The normalized spacial score (nSPS) is 15.8. The number of halogens is 6. The van der Waals surface area contributed by atoms with E-state index < -0.39 is 23.9 Å². The topological polar surface area (TPSA) is 139 Å². The molecule has 1 aliphatic heterocycles. The van der Waals surface area contributed by atoms with E-state index in [9.17, 15) is 26.3 Å². The van der Waals surface area contributed by atoms with E-state index in [2.05, 4.69) is 17.1 Å². The second-order valence-corrected chi connectivity index (χ2v) is 8.48. The van der Waals surface area contributed by atoms with Crippen molar-refractivity contribution in [2.75, 3.05) is 13.2 Å². The minimum absolute atomic E-state index is 0.0447. The quantitative estimate of drug-likeness (QED) is 0.112. The second-order valence-electron chi connectivity index (χ2n) is 8.48. The maximum absolute atomic E-state index is 13.6. The van der Waals surface area contributed by atoms with E-state index in [1.807, 2.05) is 6.08 Å². The lowest BCUT2D eigenvalue weighted by atomic mass is 10.1. The first-order valence-electron chi connectivity index (χ1n) is 12.0. The van der Waals surface area contributed by atoms with Crippen LogP contribution < -0.4 is 10.5 Å². The van der Waals surface area contributed by atoms with Crippen molar-refractivity contribution < 1.29 is 45.5 Å². The van der Waals surface area contributed by atoms with Gasteiger partial charge in [0, 0.05) is 12.1 Å². The van der Waals surface area contributed by atoms with Gasteiger partial charge in [0.15, 0.2) is 5.96 Å². The largest absolute Gasteiger partial charge is 0.490 e. The van der Waals surface area contributed by atoms with Crippen molar-refractivity contribution in [3.63, 3.8) is 0 Å². The standard InChI is InChI=1S/C22H28F3N5O2.C2HF3O2/c1-2-3-4-5-6-7-13-31-18-11-10-15(14-16(18)22(23,24)25)19-28-20(32-29-19)17-9-8-12-30(17)21(26)27;3-2(4,5)1(6)7/h6-7,10-11,14,17H,2-5,8-9,12-13H2,1H3,(H3,26,27);(H,6,7). The number of carboxylic acid groups (broad SMARTS) is 1. The van der Waals surface area contributed by atoms with Crippen molar-refractivity contribution in [2.24, 2.45) is 5.73 Å². The molecule has 0 aliphatic carbocycles. The highest BCUT2D eigenvalue weighted by Crippen LogP contribution is 2.39. The SMILES string of the molecule is CCCCCC=CCOc1ccc(-c2noc(C3CCCN3C(=N)N)n2)cc1C(F)(F)F.O=C(O)C(F)(F)F. The Morgan fingerprint density at radius 2 is 1.95 bits per heavy atom. The van der Waals surface area contributed by atoms with Gasteiger partial charge in [-0.25, -0.2) is 4.79 Å². The van der Waals surface area contributed by atoms with Crippen LogP contribution in [0.4, 0.5) is 26.3 Å². The Kier molecular flexibility index (Phi) is 11.2. The average Bonchev–Trinajstić information content (AvgIpc) is 3.52. The lowest BCUT2D eigenvalue weighted by Gasteiger charge is -2.21. The van der Waals surface area contributed by atoms with Crippen LogP contribution in [0, 0.1) is 5.41 Å². The number of carbonyl (C=O) groups is 1. The number of nitrogens with two attached hydrogens (primary N) is 1.